The molecular weight excluding hydrogens is 378 g/mol. The van der Waals surface area contributed by atoms with Gasteiger partial charge in [-0.3, -0.25) is 15.1 Å². The number of fused-ring (bicyclic) bond motifs is 1. The van der Waals surface area contributed by atoms with E-state index in [1.807, 2.05) is 24.3 Å². The predicted molar refractivity (Wildman–Crippen MR) is 119 cm³/mol. The van der Waals surface area contributed by atoms with E-state index in [4.69, 9.17) is 4.42 Å². The first kappa shape index (κ1) is 19.3. The Hall–Kier alpha value is -4.06. The van der Waals surface area contributed by atoms with E-state index in [2.05, 4.69) is 42.0 Å². The summed E-state index contributed by atoms with van der Waals surface area (Å²) in [5.41, 5.74) is 6.44. The molecule has 0 fully saturated rings. The maximum atomic E-state index is 10.7. The molecule has 1 heterocycles. The van der Waals surface area contributed by atoms with Gasteiger partial charge >= 0.3 is 0 Å². The molecule has 148 valence electrons. The van der Waals surface area contributed by atoms with Gasteiger partial charge in [0, 0.05) is 23.9 Å². The molecule has 30 heavy (non-hydrogen) atoms. The smallest absolute Gasteiger partial charge is 0.269 e. The summed E-state index contributed by atoms with van der Waals surface area (Å²) in [5.74, 6) is 0.594. The maximum Gasteiger partial charge on any atom is 0.269 e. The number of nitro groups is 1. The van der Waals surface area contributed by atoms with E-state index >= 15 is 0 Å². The van der Waals surface area contributed by atoms with Gasteiger partial charge in [0.25, 0.3) is 5.69 Å². The second-order valence-electron chi connectivity index (χ2n) is 7.03. The number of hydrogen-bond donors (Lipinski definition) is 0. The van der Waals surface area contributed by atoms with E-state index in [0.717, 1.165) is 33.5 Å². The monoisotopic (exact) mass is 397 g/mol. The third kappa shape index (κ3) is 4.33. The second-order valence-corrected chi connectivity index (χ2v) is 7.03. The van der Waals surface area contributed by atoms with Crippen molar-refractivity contribution in [2.75, 3.05) is 0 Å². The lowest BCUT2D eigenvalue weighted by molar-refractivity contribution is -0.384. The van der Waals surface area contributed by atoms with E-state index in [1.54, 1.807) is 24.4 Å². The van der Waals surface area contributed by atoms with Crippen LogP contribution in [0.3, 0.4) is 0 Å². The van der Waals surface area contributed by atoms with Crippen molar-refractivity contribution in [1.29, 1.82) is 0 Å². The summed E-state index contributed by atoms with van der Waals surface area (Å²) in [6.07, 6.45) is 5.29. The first-order valence-electron chi connectivity index (χ1n) is 9.42. The van der Waals surface area contributed by atoms with Gasteiger partial charge in [0.15, 0.2) is 5.58 Å². The minimum absolute atomic E-state index is 0.0712. The van der Waals surface area contributed by atoms with E-state index in [9.17, 15) is 10.1 Å². The highest BCUT2D eigenvalue weighted by molar-refractivity contribution is 5.84. The highest BCUT2D eigenvalue weighted by Crippen LogP contribution is 2.28. The van der Waals surface area contributed by atoms with Gasteiger partial charge in [-0.25, -0.2) is 4.98 Å². The molecule has 0 unspecified atom stereocenters. The zero-order chi connectivity index (χ0) is 21.1. The van der Waals surface area contributed by atoms with Gasteiger partial charge in [-0.2, -0.15) is 0 Å². The third-order valence-electron chi connectivity index (χ3n) is 4.54. The van der Waals surface area contributed by atoms with Crippen molar-refractivity contribution in [2.24, 2.45) is 4.99 Å². The molecule has 1 aromatic heterocycles. The Morgan fingerprint density at radius 3 is 2.43 bits per heavy atom. The summed E-state index contributed by atoms with van der Waals surface area (Å²) >= 11 is 0. The van der Waals surface area contributed by atoms with Crippen molar-refractivity contribution < 1.29 is 9.34 Å². The number of aromatic nitrogens is 1. The van der Waals surface area contributed by atoms with Crippen molar-refractivity contribution in [2.45, 2.75) is 13.8 Å². The van der Waals surface area contributed by atoms with E-state index in [0.29, 0.717) is 11.5 Å². The Labute approximate surface area is 173 Å². The molecule has 0 aliphatic carbocycles. The minimum atomic E-state index is -0.416. The highest BCUT2D eigenvalue weighted by Gasteiger charge is 2.09. The number of aliphatic imine (C=N–C) groups is 1. The first-order chi connectivity index (χ1) is 14.5. The number of oxazole rings is 1. The summed E-state index contributed by atoms with van der Waals surface area (Å²) in [6, 6.07) is 18.2. The number of non-ortho nitro benzene ring substituents is 1. The molecule has 4 rings (SSSR count). The number of allylic oxidation sites excluding steroid dienone is 1. The largest absolute Gasteiger partial charge is 0.436 e. The third-order valence-corrected chi connectivity index (χ3v) is 4.54. The molecule has 6 nitrogen and oxygen atoms in total. The Bertz CT molecular complexity index is 1260. The van der Waals surface area contributed by atoms with Crippen molar-refractivity contribution in [3.05, 3.63) is 93.5 Å². The lowest BCUT2D eigenvalue weighted by Crippen LogP contribution is -1.86. The topological polar surface area (TPSA) is 81.5 Å². The zero-order valence-electron chi connectivity index (χ0n) is 16.6. The molecule has 0 saturated heterocycles. The number of aryl methyl sites for hydroxylation is 2. The van der Waals surface area contributed by atoms with Gasteiger partial charge in [-0.05, 0) is 68.0 Å². The molecule has 0 amide bonds. The first-order valence-corrected chi connectivity index (χ1v) is 9.42. The van der Waals surface area contributed by atoms with Crippen LogP contribution < -0.4 is 0 Å². The van der Waals surface area contributed by atoms with Crippen molar-refractivity contribution in [1.82, 2.24) is 4.98 Å². The van der Waals surface area contributed by atoms with Gasteiger partial charge in [-0.15, -0.1) is 0 Å². The van der Waals surface area contributed by atoms with Crippen molar-refractivity contribution >= 4 is 34.8 Å². The average Bonchev–Trinajstić information content (AvgIpc) is 3.14. The normalized spacial score (nSPS) is 11.7. The fourth-order valence-electron chi connectivity index (χ4n) is 3.21. The Kier molecular flexibility index (Phi) is 5.22. The summed E-state index contributed by atoms with van der Waals surface area (Å²) in [6.45, 7) is 4.10. The molecule has 0 radical (unpaired) electrons. The summed E-state index contributed by atoms with van der Waals surface area (Å²) in [5, 5.41) is 10.7. The van der Waals surface area contributed by atoms with Crippen LogP contribution >= 0.6 is 0 Å². The second kappa shape index (κ2) is 8.13. The quantitative estimate of drug-likeness (QED) is 0.220. The molecule has 4 aromatic rings. The van der Waals surface area contributed by atoms with Gasteiger partial charge in [-0.1, -0.05) is 23.3 Å². The van der Waals surface area contributed by atoms with Gasteiger partial charge in [0.05, 0.1) is 10.6 Å². The van der Waals surface area contributed by atoms with Crippen LogP contribution in [0, 0.1) is 24.0 Å². The van der Waals surface area contributed by atoms with E-state index in [-0.39, 0.29) is 5.69 Å². The number of rotatable bonds is 5. The maximum absolute atomic E-state index is 10.7. The molecular formula is C24H19N3O3. The van der Waals surface area contributed by atoms with Crippen LogP contribution in [0.2, 0.25) is 0 Å². The molecule has 0 N–H and O–H groups in total. The fourth-order valence-corrected chi connectivity index (χ4v) is 3.21. The van der Waals surface area contributed by atoms with Crippen LogP contribution in [-0.2, 0) is 0 Å². The Balaban J connectivity index is 1.51. The van der Waals surface area contributed by atoms with Gasteiger partial charge in [0.1, 0.15) is 5.52 Å². The number of hydrogen-bond acceptors (Lipinski definition) is 5. The standard InChI is InChI=1S/C24H19N3O3/c1-16-12-17(2)14-19(13-16)24-26-22-15-20(7-10-23(22)30-24)25-11-3-4-18-5-8-21(9-6-18)27(28)29/h3-15H,1-2H3/b4-3+,25-11?. The molecule has 0 saturated carbocycles. The molecule has 6 heteroatoms. The van der Waals surface area contributed by atoms with Crippen LogP contribution in [0.25, 0.3) is 28.6 Å². The number of nitro benzene ring substituents is 1. The lowest BCUT2D eigenvalue weighted by atomic mass is 10.1. The van der Waals surface area contributed by atoms with Gasteiger partial charge in [0.2, 0.25) is 5.89 Å². The minimum Gasteiger partial charge on any atom is -0.436 e. The fraction of sp³-hybridized carbons (Fsp3) is 0.0833. The van der Waals surface area contributed by atoms with E-state index < -0.39 is 4.92 Å². The molecule has 0 bridgehead atoms. The zero-order valence-corrected chi connectivity index (χ0v) is 16.6. The van der Waals surface area contributed by atoms with Crippen LogP contribution in [0.15, 0.2) is 76.1 Å². The Morgan fingerprint density at radius 2 is 1.73 bits per heavy atom. The van der Waals surface area contributed by atoms with Crippen molar-refractivity contribution in [3.8, 4) is 11.5 Å². The summed E-state index contributed by atoms with van der Waals surface area (Å²) in [4.78, 5) is 19.3. The number of benzene rings is 3. The van der Waals surface area contributed by atoms with Crippen LogP contribution in [0.4, 0.5) is 11.4 Å². The number of nitrogens with zero attached hydrogens (tertiary/aromatic N) is 3. The van der Waals surface area contributed by atoms with E-state index in [1.165, 1.54) is 12.1 Å². The van der Waals surface area contributed by atoms with Gasteiger partial charge < -0.3 is 4.42 Å². The molecule has 3 aromatic carbocycles. The SMILES string of the molecule is Cc1cc(C)cc(-c2nc3cc(N=C/C=C/c4ccc([N+](=O)[O-])cc4)ccc3o2)c1. The average molecular weight is 397 g/mol. The predicted octanol–water partition coefficient (Wildman–Crippen LogP) is 6.44. The molecule has 0 aliphatic rings. The van der Waals surface area contributed by atoms with Crippen LogP contribution in [-0.4, -0.2) is 16.1 Å². The van der Waals surface area contributed by atoms with Crippen LogP contribution in [0.1, 0.15) is 16.7 Å². The molecule has 0 spiro atoms. The summed E-state index contributed by atoms with van der Waals surface area (Å²) < 4.78 is 5.90. The van der Waals surface area contributed by atoms with Crippen LogP contribution in [0.5, 0.6) is 0 Å². The summed E-state index contributed by atoms with van der Waals surface area (Å²) in [7, 11) is 0. The lowest BCUT2D eigenvalue weighted by Gasteiger charge is -2.00. The molecule has 0 atom stereocenters. The van der Waals surface area contributed by atoms with Crippen molar-refractivity contribution in [3.63, 3.8) is 0 Å². The Morgan fingerprint density at radius 1 is 1.00 bits per heavy atom. The molecule has 0 aliphatic heterocycles. The highest BCUT2D eigenvalue weighted by atomic mass is 16.6.